The number of carbonyl (C=O) groups excluding carboxylic acids is 6. The first kappa shape index (κ1) is 42.7. The van der Waals surface area contributed by atoms with Gasteiger partial charge in [-0.15, -0.1) is 11.6 Å². The fourth-order valence-corrected chi connectivity index (χ4v) is 8.91. The summed E-state index contributed by atoms with van der Waals surface area (Å²) in [6, 6.07) is 7.16. The standard InChI is InChI=1S/C37H56ClN9O6S/c38-22-29(48)25(13-9-19-42-36(39)40)44-34(51)28-14-10-20-47(28)35(52)26(21-24-11-3-1-4-12-24)43-32(50)17-5-2-8-18-41-31(49)16-7-6-15-30-33-27(23-54-30)45-37(53)46-33/h1,3-4,11-12,25-28,30,33H,2,5-10,13-23H2,(H,41,49)(H,43,50)(H,44,51)(H4,39,40,42)(H2,45,46,53). The summed E-state index contributed by atoms with van der Waals surface area (Å²) in [4.78, 5) is 82.5. The monoisotopic (exact) mass is 789 g/mol. The van der Waals surface area contributed by atoms with Crippen LogP contribution in [-0.4, -0.2) is 113 Å². The summed E-state index contributed by atoms with van der Waals surface area (Å²) in [5.41, 5.74) is 11.6. The first-order valence-corrected chi connectivity index (χ1v) is 20.7. The molecular formula is C37H56ClN9O6S. The molecule has 298 valence electrons. The molecule has 6 amide bonds. The fraction of sp³-hybridized carbons (Fsp3) is 0.649. The van der Waals surface area contributed by atoms with Gasteiger partial charge in [0.2, 0.25) is 23.6 Å². The van der Waals surface area contributed by atoms with E-state index in [1.54, 1.807) is 0 Å². The van der Waals surface area contributed by atoms with Crippen LogP contribution >= 0.6 is 23.4 Å². The Morgan fingerprint density at radius 3 is 2.46 bits per heavy atom. The number of rotatable bonds is 23. The van der Waals surface area contributed by atoms with Crippen LogP contribution < -0.4 is 38.1 Å². The highest BCUT2D eigenvalue weighted by Gasteiger charge is 2.42. The van der Waals surface area contributed by atoms with Crippen molar-refractivity contribution in [2.24, 2.45) is 16.5 Å². The van der Waals surface area contributed by atoms with E-state index >= 15 is 0 Å². The van der Waals surface area contributed by atoms with Crippen LogP contribution in [0.15, 0.2) is 35.3 Å². The number of hydrogen-bond acceptors (Lipinski definition) is 8. The molecule has 54 heavy (non-hydrogen) atoms. The molecule has 3 fully saturated rings. The van der Waals surface area contributed by atoms with Crippen LogP contribution in [-0.2, 0) is 30.4 Å². The van der Waals surface area contributed by atoms with Crippen LogP contribution in [0, 0.1) is 0 Å². The maximum atomic E-state index is 14.0. The number of hydrogen-bond donors (Lipinski definition) is 7. The molecule has 3 heterocycles. The molecule has 0 bridgehead atoms. The predicted octanol–water partition coefficient (Wildman–Crippen LogP) is 1.45. The first-order valence-electron chi connectivity index (χ1n) is 19.1. The van der Waals surface area contributed by atoms with E-state index in [-0.39, 0.29) is 72.7 Å². The number of aliphatic imine (C=N–C) groups is 1. The van der Waals surface area contributed by atoms with Gasteiger partial charge in [-0.1, -0.05) is 43.2 Å². The largest absolute Gasteiger partial charge is 0.370 e. The topological polar surface area (TPSA) is 230 Å². The smallest absolute Gasteiger partial charge is 0.315 e. The molecule has 3 saturated heterocycles. The van der Waals surface area contributed by atoms with Gasteiger partial charge in [0.1, 0.15) is 12.1 Å². The molecule has 4 rings (SSSR count). The zero-order valence-corrected chi connectivity index (χ0v) is 32.4. The van der Waals surface area contributed by atoms with E-state index in [1.165, 1.54) is 4.90 Å². The number of nitrogens with one attached hydrogen (secondary N) is 5. The van der Waals surface area contributed by atoms with E-state index in [2.05, 4.69) is 31.6 Å². The lowest BCUT2D eigenvalue weighted by atomic mass is 10.0. The van der Waals surface area contributed by atoms with Gasteiger partial charge in [-0.3, -0.25) is 29.0 Å². The number of ketones is 1. The minimum Gasteiger partial charge on any atom is -0.370 e. The lowest BCUT2D eigenvalue weighted by Crippen LogP contribution is -2.56. The molecule has 0 aliphatic carbocycles. The van der Waals surface area contributed by atoms with Crippen molar-refractivity contribution < 1.29 is 28.8 Å². The summed E-state index contributed by atoms with van der Waals surface area (Å²) in [6.07, 6.45) is 7.44. The second-order valence-electron chi connectivity index (χ2n) is 14.1. The van der Waals surface area contributed by atoms with Crippen molar-refractivity contribution in [3.8, 4) is 0 Å². The molecule has 0 saturated carbocycles. The van der Waals surface area contributed by atoms with Gasteiger partial charge in [0.15, 0.2) is 11.7 Å². The van der Waals surface area contributed by atoms with Crippen molar-refractivity contribution in [1.82, 2.24) is 31.5 Å². The Labute approximate surface area is 326 Å². The Morgan fingerprint density at radius 2 is 1.70 bits per heavy atom. The Bertz CT molecular complexity index is 1470. The highest BCUT2D eigenvalue weighted by atomic mass is 35.5. The van der Waals surface area contributed by atoms with Gasteiger partial charge >= 0.3 is 6.03 Å². The molecule has 1 aromatic rings. The van der Waals surface area contributed by atoms with E-state index in [0.29, 0.717) is 57.0 Å². The van der Waals surface area contributed by atoms with Crippen molar-refractivity contribution in [3.05, 3.63) is 35.9 Å². The molecule has 1 aromatic carbocycles. The van der Waals surface area contributed by atoms with E-state index in [0.717, 1.165) is 43.4 Å². The summed E-state index contributed by atoms with van der Waals surface area (Å²) in [7, 11) is 0. The summed E-state index contributed by atoms with van der Waals surface area (Å²) in [5, 5.41) is 15.0. The number of fused-ring (bicyclic) bond motifs is 1. The number of unbranched alkanes of at least 4 members (excludes halogenated alkanes) is 3. The molecule has 3 aliphatic rings. The molecule has 0 spiro atoms. The van der Waals surface area contributed by atoms with E-state index < -0.39 is 24.0 Å². The number of likely N-dealkylation sites (tertiary alicyclic amines) is 1. The Kier molecular flexibility index (Phi) is 17.7. The number of nitrogens with zero attached hydrogens (tertiary/aromatic N) is 2. The average Bonchev–Trinajstić information content (AvgIpc) is 3.89. The third-order valence-electron chi connectivity index (χ3n) is 10.0. The van der Waals surface area contributed by atoms with Gasteiger partial charge in [-0.05, 0) is 56.9 Å². The van der Waals surface area contributed by atoms with Crippen molar-refractivity contribution in [3.63, 3.8) is 0 Å². The molecule has 3 aliphatic heterocycles. The van der Waals surface area contributed by atoms with Gasteiger partial charge in [0.05, 0.1) is 24.0 Å². The molecule has 9 N–H and O–H groups in total. The lowest BCUT2D eigenvalue weighted by Gasteiger charge is -2.30. The van der Waals surface area contributed by atoms with E-state index in [4.69, 9.17) is 23.1 Å². The summed E-state index contributed by atoms with van der Waals surface area (Å²) < 4.78 is 0. The molecular weight excluding hydrogens is 734 g/mol. The van der Waals surface area contributed by atoms with Crippen molar-refractivity contribution in [1.29, 1.82) is 0 Å². The SMILES string of the molecule is NC(N)=NCCCC(NC(=O)C1CCCN1C(=O)C(Cc1ccccc1)NC(=O)CCCCCNC(=O)CCCCC1SCC2NC(=O)NC21)C(=O)CCl. The highest BCUT2D eigenvalue weighted by Crippen LogP contribution is 2.33. The number of alkyl halides is 1. The average molecular weight is 790 g/mol. The number of carbonyl (C=O) groups is 6. The zero-order chi connectivity index (χ0) is 38.9. The van der Waals surface area contributed by atoms with Crippen molar-refractivity contribution in [2.45, 2.75) is 119 Å². The van der Waals surface area contributed by atoms with Crippen LogP contribution in [0.5, 0.6) is 0 Å². The number of urea groups is 1. The molecule has 6 unspecified atom stereocenters. The van der Waals surface area contributed by atoms with Crippen LogP contribution in [0.4, 0.5) is 4.79 Å². The maximum absolute atomic E-state index is 14.0. The zero-order valence-electron chi connectivity index (χ0n) is 30.9. The quantitative estimate of drug-likeness (QED) is 0.0279. The van der Waals surface area contributed by atoms with Crippen molar-refractivity contribution in [2.75, 3.05) is 31.3 Å². The van der Waals surface area contributed by atoms with Gasteiger partial charge in [-0.25, -0.2) is 4.79 Å². The summed E-state index contributed by atoms with van der Waals surface area (Å²) >= 11 is 7.70. The highest BCUT2D eigenvalue weighted by molar-refractivity contribution is 8.00. The summed E-state index contributed by atoms with van der Waals surface area (Å²) in [5.74, 6) is -0.795. The second-order valence-corrected chi connectivity index (χ2v) is 15.7. The number of nitrogens with two attached hydrogens (primary N) is 2. The predicted molar refractivity (Wildman–Crippen MR) is 210 cm³/mol. The van der Waals surface area contributed by atoms with Crippen LogP contribution in [0.3, 0.4) is 0 Å². The normalized spacial score (nSPS) is 21.3. The number of amides is 6. The van der Waals surface area contributed by atoms with Crippen LogP contribution in [0.1, 0.15) is 82.6 Å². The van der Waals surface area contributed by atoms with Crippen molar-refractivity contribution >= 4 is 64.8 Å². The fourth-order valence-electron chi connectivity index (χ4n) is 7.18. The lowest BCUT2D eigenvalue weighted by molar-refractivity contribution is -0.142. The molecule has 6 atom stereocenters. The number of Topliss-reactive ketones (excluding diaryl/α,β-unsaturated/α-hetero) is 1. The first-order chi connectivity index (χ1) is 26.0. The number of thioether (sulfide) groups is 1. The minimum atomic E-state index is -0.880. The molecule has 0 aromatic heterocycles. The Hall–Kier alpha value is -4.05. The Balaban J connectivity index is 1.19. The van der Waals surface area contributed by atoms with E-state index in [9.17, 15) is 28.8 Å². The third-order valence-corrected chi connectivity index (χ3v) is 11.8. The summed E-state index contributed by atoms with van der Waals surface area (Å²) in [6.45, 7) is 1.17. The van der Waals surface area contributed by atoms with Gasteiger partial charge < -0.3 is 43.0 Å². The number of benzene rings is 1. The second kappa shape index (κ2) is 22.4. The van der Waals surface area contributed by atoms with Gasteiger partial charge in [-0.2, -0.15) is 11.8 Å². The minimum absolute atomic E-state index is 0.0145. The molecule has 15 nitrogen and oxygen atoms in total. The molecule has 0 radical (unpaired) electrons. The van der Waals surface area contributed by atoms with E-state index in [1.807, 2.05) is 42.1 Å². The Morgan fingerprint density at radius 1 is 0.944 bits per heavy atom. The van der Waals surface area contributed by atoms with Crippen LogP contribution in [0.2, 0.25) is 0 Å². The maximum Gasteiger partial charge on any atom is 0.315 e. The van der Waals surface area contributed by atoms with Crippen LogP contribution in [0.25, 0.3) is 0 Å². The third kappa shape index (κ3) is 13.7. The van der Waals surface area contributed by atoms with Gasteiger partial charge in [0.25, 0.3) is 0 Å². The van der Waals surface area contributed by atoms with Gasteiger partial charge in [0, 0.05) is 49.9 Å². The number of halogens is 1. The number of guanidine groups is 1. The molecule has 17 heteroatoms.